The molecule has 0 spiro atoms. The van der Waals surface area contributed by atoms with Crippen molar-refractivity contribution >= 4 is 52.4 Å². The number of ether oxygens (including phenoxy) is 3. The van der Waals surface area contributed by atoms with Gasteiger partial charge in [0.15, 0.2) is 0 Å². The Morgan fingerprint density at radius 3 is 2.46 bits per heavy atom. The van der Waals surface area contributed by atoms with Crippen LogP contribution in [0.15, 0.2) is 79.3 Å². The number of nitrogens with two attached hydrogens (primary N) is 1. The van der Waals surface area contributed by atoms with E-state index in [2.05, 4.69) is 25.9 Å². The van der Waals surface area contributed by atoms with Gasteiger partial charge in [0.05, 0.1) is 39.1 Å². The Labute approximate surface area is 350 Å². The van der Waals surface area contributed by atoms with Gasteiger partial charge in [0.25, 0.3) is 11.8 Å². The fourth-order valence-electron chi connectivity index (χ4n) is 7.95. The Morgan fingerprint density at radius 2 is 1.67 bits per heavy atom. The predicted molar refractivity (Wildman–Crippen MR) is 222 cm³/mol. The number of hydrogen-bond donors (Lipinski definition) is 4. The molecule has 0 saturated carbocycles. The van der Waals surface area contributed by atoms with Crippen molar-refractivity contribution in [1.29, 1.82) is 0 Å². The summed E-state index contributed by atoms with van der Waals surface area (Å²) in [5, 5.41) is 8.44. The first-order valence-corrected chi connectivity index (χ1v) is 20.2. The minimum Gasteiger partial charge on any atom is -0.382 e. The highest BCUT2D eigenvalue weighted by Crippen LogP contribution is 2.37. The molecule has 18 heteroatoms. The molecule has 0 radical (unpaired) electrons. The molecule has 18 nitrogen and oxygen atoms in total. The summed E-state index contributed by atoms with van der Waals surface area (Å²) in [5.41, 5.74) is 11.0. The first kappa shape index (κ1) is 41.0. The number of nitrogen functional groups attached to an aromatic ring is 1. The molecule has 2 aromatic carbocycles. The summed E-state index contributed by atoms with van der Waals surface area (Å²) in [5.74, 6) is -0.00305. The van der Waals surface area contributed by atoms with Crippen LogP contribution in [0.25, 0.3) is 16.8 Å². The molecule has 2 fully saturated rings. The van der Waals surface area contributed by atoms with Crippen LogP contribution in [0.1, 0.15) is 63.8 Å². The Balaban J connectivity index is 0.763. The SMILES string of the molecule is Nc1nccn2c([C@@H]3CCCN3C(=O)COCCOCCOCCNc3cccc4c3CN(C3CCC(=O)NC3=O)C4=O)nc(-c3ccc(C(=O)Nc4ccccn4)cc3)c12. The minimum absolute atomic E-state index is 0.107. The van der Waals surface area contributed by atoms with E-state index in [4.69, 9.17) is 24.9 Å². The molecule has 3 aromatic heterocycles. The van der Waals surface area contributed by atoms with Gasteiger partial charge in [0.1, 0.15) is 41.3 Å². The van der Waals surface area contributed by atoms with Crippen LogP contribution in [0, 0.1) is 0 Å². The van der Waals surface area contributed by atoms with Crippen molar-refractivity contribution in [3.63, 3.8) is 0 Å². The maximum atomic E-state index is 13.4. The van der Waals surface area contributed by atoms with Crippen molar-refractivity contribution < 1.29 is 38.2 Å². The second-order valence-electron chi connectivity index (χ2n) is 14.8. The summed E-state index contributed by atoms with van der Waals surface area (Å²) in [6.45, 7) is 2.85. The molecule has 2 saturated heterocycles. The lowest BCUT2D eigenvalue weighted by molar-refractivity contribution is -0.138. The monoisotopic (exact) mass is 830 g/mol. The second kappa shape index (κ2) is 18.7. The van der Waals surface area contributed by atoms with Gasteiger partial charge in [-0.15, -0.1) is 0 Å². The molecule has 1 unspecified atom stereocenters. The summed E-state index contributed by atoms with van der Waals surface area (Å²) in [6.07, 6.45) is 7.04. The van der Waals surface area contributed by atoms with E-state index >= 15 is 0 Å². The third kappa shape index (κ3) is 9.06. The number of piperidine rings is 1. The van der Waals surface area contributed by atoms with E-state index in [9.17, 15) is 24.0 Å². The fourth-order valence-corrected chi connectivity index (χ4v) is 7.95. The van der Waals surface area contributed by atoms with Gasteiger partial charge in [0.2, 0.25) is 17.7 Å². The first-order valence-electron chi connectivity index (χ1n) is 20.2. The molecule has 5 amide bonds. The van der Waals surface area contributed by atoms with Gasteiger partial charge < -0.3 is 40.4 Å². The molecule has 3 aliphatic rings. The summed E-state index contributed by atoms with van der Waals surface area (Å²) >= 11 is 0. The molecular weight excluding hydrogens is 785 g/mol. The number of fused-ring (bicyclic) bond motifs is 2. The number of pyridine rings is 1. The standard InChI is InChI=1S/C43H46N10O8/c44-39-38-37(27-9-11-28(12-10-27)41(56)48-34-8-1-2-15-46-34)50-40(52(38)19-16-47-39)32-7-4-18-51(32)36(55)26-61-24-23-60-22-21-59-20-17-45-31-6-3-5-29-30(31)25-53(43(29)58)33-13-14-35(54)49-42(33)57/h1-3,5-6,8-12,15-16,19,32-33,45H,4,7,13-14,17-18,20-26H2,(H2,44,47)(H,46,48,56)(H,49,54,57)/t32-,33?/m0/s1. The van der Waals surface area contributed by atoms with E-state index in [1.54, 1.807) is 66.0 Å². The number of benzene rings is 2. The van der Waals surface area contributed by atoms with Gasteiger partial charge in [-0.25, -0.2) is 15.0 Å². The van der Waals surface area contributed by atoms with Gasteiger partial charge in [-0.3, -0.25) is 33.7 Å². The number of carbonyl (C=O) groups excluding carboxylic acids is 5. The van der Waals surface area contributed by atoms with Gasteiger partial charge in [-0.2, -0.15) is 0 Å². The number of imide groups is 1. The number of amides is 5. The number of nitrogens with zero attached hydrogens (tertiary/aromatic N) is 6. The molecular formula is C43H46N10O8. The molecule has 0 bridgehead atoms. The Morgan fingerprint density at radius 1 is 0.869 bits per heavy atom. The molecule has 3 aliphatic heterocycles. The normalized spacial score (nSPS) is 17.5. The Kier molecular flexibility index (Phi) is 12.5. The van der Waals surface area contributed by atoms with E-state index < -0.39 is 11.9 Å². The van der Waals surface area contributed by atoms with Crippen LogP contribution in [-0.4, -0.2) is 117 Å². The highest BCUT2D eigenvalue weighted by Gasteiger charge is 2.40. The average molecular weight is 831 g/mol. The van der Waals surface area contributed by atoms with Crippen molar-refractivity contribution in [3.8, 4) is 11.3 Å². The van der Waals surface area contributed by atoms with Crippen LogP contribution >= 0.6 is 0 Å². The number of hydrogen-bond acceptors (Lipinski definition) is 13. The quantitative estimate of drug-likeness (QED) is 0.0782. The zero-order valence-corrected chi connectivity index (χ0v) is 33.4. The molecule has 5 N–H and O–H groups in total. The van der Waals surface area contributed by atoms with Crippen LogP contribution in [0.4, 0.5) is 17.3 Å². The lowest BCUT2D eigenvalue weighted by Gasteiger charge is -2.29. The van der Waals surface area contributed by atoms with Crippen LogP contribution in [0.2, 0.25) is 0 Å². The number of aromatic nitrogens is 4. The van der Waals surface area contributed by atoms with E-state index in [0.29, 0.717) is 85.5 Å². The number of rotatable bonds is 17. The maximum Gasteiger partial charge on any atom is 0.256 e. The van der Waals surface area contributed by atoms with Crippen molar-refractivity contribution in [2.45, 2.75) is 44.3 Å². The number of anilines is 3. The molecule has 316 valence electrons. The summed E-state index contributed by atoms with van der Waals surface area (Å²) in [6, 6.07) is 16.8. The molecule has 5 aromatic rings. The van der Waals surface area contributed by atoms with E-state index in [-0.39, 0.29) is 62.5 Å². The predicted octanol–water partition coefficient (Wildman–Crippen LogP) is 3.21. The smallest absolute Gasteiger partial charge is 0.256 e. The van der Waals surface area contributed by atoms with E-state index in [1.807, 2.05) is 22.6 Å². The topological polar surface area (TPSA) is 225 Å². The fraction of sp³-hybridized carbons (Fsp3) is 0.349. The summed E-state index contributed by atoms with van der Waals surface area (Å²) in [4.78, 5) is 80.1. The van der Waals surface area contributed by atoms with Gasteiger partial charge in [-0.05, 0) is 55.7 Å². The lowest BCUT2D eigenvalue weighted by Crippen LogP contribution is -2.52. The van der Waals surface area contributed by atoms with Gasteiger partial charge in [-0.1, -0.05) is 24.3 Å². The van der Waals surface area contributed by atoms with Crippen LogP contribution in [-0.2, 0) is 35.1 Å². The Bertz CT molecular complexity index is 2430. The summed E-state index contributed by atoms with van der Waals surface area (Å²) < 4.78 is 19.0. The van der Waals surface area contributed by atoms with Crippen molar-refractivity contribution in [2.75, 3.05) is 69.1 Å². The average Bonchev–Trinajstić information content (AvgIpc) is 4.00. The maximum absolute atomic E-state index is 13.4. The molecule has 0 aliphatic carbocycles. The molecule has 2 atom stereocenters. The minimum atomic E-state index is -0.667. The third-order valence-electron chi connectivity index (χ3n) is 10.9. The second-order valence-corrected chi connectivity index (χ2v) is 14.8. The third-order valence-corrected chi connectivity index (χ3v) is 10.9. The van der Waals surface area contributed by atoms with E-state index in [1.165, 1.54) is 4.90 Å². The molecule has 6 heterocycles. The highest BCUT2D eigenvalue weighted by molar-refractivity contribution is 6.06. The van der Waals surface area contributed by atoms with Crippen molar-refractivity contribution in [3.05, 3.63) is 102 Å². The zero-order valence-electron chi connectivity index (χ0n) is 33.4. The van der Waals surface area contributed by atoms with Crippen LogP contribution < -0.4 is 21.7 Å². The summed E-state index contributed by atoms with van der Waals surface area (Å²) in [7, 11) is 0. The molecule has 8 rings (SSSR count). The molecule has 61 heavy (non-hydrogen) atoms. The van der Waals surface area contributed by atoms with Crippen LogP contribution in [0.5, 0.6) is 0 Å². The van der Waals surface area contributed by atoms with Crippen molar-refractivity contribution in [1.82, 2.24) is 34.5 Å². The number of nitrogens with one attached hydrogen (secondary N) is 3. The van der Waals surface area contributed by atoms with Gasteiger partial charge >= 0.3 is 0 Å². The first-order chi connectivity index (χ1) is 29.8. The largest absolute Gasteiger partial charge is 0.382 e. The lowest BCUT2D eigenvalue weighted by atomic mass is 10.0. The number of likely N-dealkylation sites (tertiary alicyclic amines) is 1. The van der Waals surface area contributed by atoms with Crippen LogP contribution in [0.3, 0.4) is 0 Å². The number of carbonyl (C=O) groups is 5. The van der Waals surface area contributed by atoms with E-state index in [0.717, 1.165) is 23.2 Å². The van der Waals surface area contributed by atoms with Gasteiger partial charge in [0, 0.05) is 72.6 Å². The zero-order chi connectivity index (χ0) is 42.3. The Hall–Kier alpha value is -6.76. The highest BCUT2D eigenvalue weighted by atomic mass is 16.5. The van der Waals surface area contributed by atoms with Crippen molar-refractivity contribution in [2.24, 2.45) is 0 Å². The number of imidazole rings is 1.